The van der Waals surface area contributed by atoms with E-state index in [4.69, 9.17) is 4.74 Å². The van der Waals surface area contributed by atoms with Crippen molar-refractivity contribution in [2.75, 3.05) is 29.9 Å². The molecule has 1 atom stereocenters. The maximum Gasteiger partial charge on any atom is 0.338 e. The van der Waals surface area contributed by atoms with Crippen LogP contribution in [0, 0.1) is 5.82 Å². The number of halogens is 1. The molecule has 0 unspecified atom stereocenters. The maximum atomic E-state index is 13.6. The van der Waals surface area contributed by atoms with Crippen LogP contribution in [0.2, 0.25) is 0 Å². The van der Waals surface area contributed by atoms with Gasteiger partial charge in [0.05, 0.1) is 16.9 Å². The second-order valence-electron chi connectivity index (χ2n) is 7.34. The third-order valence-electron chi connectivity index (χ3n) is 5.36. The van der Waals surface area contributed by atoms with Gasteiger partial charge in [-0.2, -0.15) is 0 Å². The SMILES string of the molecule is O=C(COC(=O)c1ccc2c(c1)NC(=O)[C@H]1CCCN21)NCCc1ccccc1F. The van der Waals surface area contributed by atoms with Crippen LogP contribution < -0.4 is 15.5 Å². The van der Waals surface area contributed by atoms with E-state index >= 15 is 0 Å². The zero-order chi connectivity index (χ0) is 21.1. The third-order valence-corrected chi connectivity index (χ3v) is 5.36. The molecule has 0 bridgehead atoms. The monoisotopic (exact) mass is 411 g/mol. The summed E-state index contributed by atoms with van der Waals surface area (Å²) in [5.74, 6) is -1.51. The lowest BCUT2D eigenvalue weighted by molar-refractivity contribution is -0.124. The van der Waals surface area contributed by atoms with Gasteiger partial charge >= 0.3 is 5.97 Å². The predicted molar refractivity (Wildman–Crippen MR) is 109 cm³/mol. The Morgan fingerprint density at radius 2 is 2.07 bits per heavy atom. The van der Waals surface area contributed by atoms with E-state index in [2.05, 4.69) is 10.6 Å². The predicted octanol–water partition coefficient (Wildman–Crippen LogP) is 2.26. The standard InChI is InChI=1S/C22H22FN3O4/c23-16-5-2-1-4-14(16)9-10-24-20(27)13-30-22(29)15-7-8-18-17(12-15)25-21(28)19-6-3-11-26(18)19/h1-2,4-5,7-8,12,19H,3,6,9-11,13H2,(H,24,27)(H,25,28)/t19-/m1/s1. The van der Waals surface area contributed by atoms with Crippen molar-refractivity contribution >= 4 is 29.2 Å². The van der Waals surface area contributed by atoms with Gasteiger partial charge in [-0.15, -0.1) is 0 Å². The Balaban J connectivity index is 1.29. The quantitative estimate of drug-likeness (QED) is 0.712. The van der Waals surface area contributed by atoms with E-state index in [1.807, 2.05) is 4.90 Å². The second-order valence-corrected chi connectivity index (χ2v) is 7.34. The molecule has 2 aromatic carbocycles. The number of fused-ring (bicyclic) bond motifs is 3. The van der Waals surface area contributed by atoms with Gasteiger partial charge in [0.2, 0.25) is 5.91 Å². The Bertz CT molecular complexity index is 994. The first-order chi connectivity index (χ1) is 14.5. The van der Waals surface area contributed by atoms with Crippen LogP contribution >= 0.6 is 0 Å². The molecule has 0 radical (unpaired) electrons. The number of anilines is 2. The van der Waals surface area contributed by atoms with E-state index in [1.165, 1.54) is 6.07 Å². The molecule has 0 aliphatic carbocycles. The lowest BCUT2D eigenvalue weighted by Crippen LogP contribution is -2.43. The van der Waals surface area contributed by atoms with Gasteiger partial charge in [-0.05, 0) is 49.1 Å². The van der Waals surface area contributed by atoms with E-state index in [0.717, 1.165) is 25.1 Å². The van der Waals surface area contributed by atoms with Gasteiger partial charge < -0.3 is 20.3 Å². The molecule has 1 saturated heterocycles. The smallest absolute Gasteiger partial charge is 0.338 e. The molecule has 2 heterocycles. The van der Waals surface area contributed by atoms with E-state index in [0.29, 0.717) is 17.7 Å². The minimum Gasteiger partial charge on any atom is -0.452 e. The Hall–Kier alpha value is -3.42. The normalized spacial score (nSPS) is 17.0. The van der Waals surface area contributed by atoms with Crippen LogP contribution in [0.1, 0.15) is 28.8 Å². The first kappa shape index (κ1) is 19.9. The highest BCUT2D eigenvalue weighted by Crippen LogP contribution is 2.37. The fraction of sp³-hybridized carbons (Fsp3) is 0.318. The van der Waals surface area contributed by atoms with E-state index in [9.17, 15) is 18.8 Å². The van der Waals surface area contributed by atoms with E-state index in [-0.39, 0.29) is 29.9 Å². The molecule has 8 heteroatoms. The van der Waals surface area contributed by atoms with Crippen molar-refractivity contribution in [2.24, 2.45) is 0 Å². The Kier molecular flexibility index (Phi) is 5.65. The van der Waals surface area contributed by atoms with Crippen LogP contribution in [0.15, 0.2) is 42.5 Å². The van der Waals surface area contributed by atoms with Gasteiger partial charge in [-0.25, -0.2) is 9.18 Å². The largest absolute Gasteiger partial charge is 0.452 e. The van der Waals surface area contributed by atoms with Crippen LogP contribution in [0.25, 0.3) is 0 Å². The summed E-state index contributed by atoms with van der Waals surface area (Å²) in [6.45, 7) is 0.606. The molecule has 2 aliphatic rings. The van der Waals surface area contributed by atoms with Gasteiger partial charge in [-0.3, -0.25) is 9.59 Å². The molecule has 1 fully saturated rings. The topological polar surface area (TPSA) is 87.7 Å². The Morgan fingerprint density at radius 1 is 1.23 bits per heavy atom. The third kappa shape index (κ3) is 4.12. The van der Waals surface area contributed by atoms with Gasteiger partial charge in [-0.1, -0.05) is 18.2 Å². The summed E-state index contributed by atoms with van der Waals surface area (Å²) in [5.41, 5.74) is 2.22. The van der Waals surface area contributed by atoms with Crippen LogP contribution in [0.3, 0.4) is 0 Å². The number of hydrogen-bond acceptors (Lipinski definition) is 5. The first-order valence-corrected chi connectivity index (χ1v) is 9.92. The molecule has 2 aromatic rings. The molecular formula is C22H22FN3O4. The molecule has 0 spiro atoms. The van der Waals surface area contributed by atoms with Crippen LogP contribution in [-0.4, -0.2) is 43.5 Å². The molecule has 156 valence electrons. The highest BCUT2D eigenvalue weighted by atomic mass is 19.1. The number of esters is 1. The number of amides is 2. The molecule has 2 amide bonds. The van der Waals surface area contributed by atoms with Crippen molar-refractivity contribution in [1.82, 2.24) is 5.32 Å². The van der Waals surface area contributed by atoms with Gasteiger partial charge in [0.25, 0.3) is 5.91 Å². The maximum absolute atomic E-state index is 13.6. The van der Waals surface area contributed by atoms with Crippen molar-refractivity contribution in [3.63, 3.8) is 0 Å². The van der Waals surface area contributed by atoms with Gasteiger partial charge in [0.1, 0.15) is 11.9 Å². The van der Waals surface area contributed by atoms with Crippen molar-refractivity contribution in [1.29, 1.82) is 0 Å². The van der Waals surface area contributed by atoms with Gasteiger partial charge in [0.15, 0.2) is 6.61 Å². The number of rotatable bonds is 6. The lowest BCUT2D eigenvalue weighted by Gasteiger charge is -2.33. The van der Waals surface area contributed by atoms with Crippen LogP contribution in [0.5, 0.6) is 0 Å². The van der Waals surface area contributed by atoms with Crippen LogP contribution in [-0.2, 0) is 20.7 Å². The number of carbonyl (C=O) groups excluding carboxylic acids is 3. The molecule has 30 heavy (non-hydrogen) atoms. The Morgan fingerprint density at radius 3 is 2.90 bits per heavy atom. The number of hydrogen-bond donors (Lipinski definition) is 2. The highest BCUT2D eigenvalue weighted by molar-refractivity contribution is 6.05. The lowest BCUT2D eigenvalue weighted by atomic mass is 10.1. The van der Waals surface area contributed by atoms with E-state index in [1.54, 1.807) is 36.4 Å². The van der Waals surface area contributed by atoms with E-state index < -0.39 is 18.5 Å². The fourth-order valence-corrected chi connectivity index (χ4v) is 3.86. The second kappa shape index (κ2) is 8.52. The molecule has 0 aromatic heterocycles. The average molecular weight is 411 g/mol. The molecule has 2 N–H and O–H groups in total. The molecule has 7 nitrogen and oxygen atoms in total. The van der Waals surface area contributed by atoms with Crippen molar-refractivity contribution < 1.29 is 23.5 Å². The highest BCUT2D eigenvalue weighted by Gasteiger charge is 2.36. The molecule has 0 saturated carbocycles. The first-order valence-electron chi connectivity index (χ1n) is 9.92. The van der Waals surface area contributed by atoms with Gasteiger partial charge in [0, 0.05) is 13.1 Å². The molecule has 4 rings (SSSR count). The summed E-state index contributed by atoms with van der Waals surface area (Å²) in [4.78, 5) is 38.5. The molecule has 2 aliphatic heterocycles. The summed E-state index contributed by atoms with van der Waals surface area (Å²) in [6.07, 6.45) is 2.11. The van der Waals surface area contributed by atoms with Crippen molar-refractivity contribution in [2.45, 2.75) is 25.3 Å². The van der Waals surface area contributed by atoms with Crippen molar-refractivity contribution in [3.05, 3.63) is 59.4 Å². The Labute approximate surface area is 173 Å². The zero-order valence-electron chi connectivity index (χ0n) is 16.3. The fourth-order valence-electron chi connectivity index (χ4n) is 3.86. The number of ether oxygens (including phenoxy) is 1. The van der Waals surface area contributed by atoms with Crippen molar-refractivity contribution in [3.8, 4) is 0 Å². The van der Waals surface area contributed by atoms with Crippen LogP contribution in [0.4, 0.5) is 15.8 Å². The number of nitrogens with one attached hydrogen (secondary N) is 2. The zero-order valence-corrected chi connectivity index (χ0v) is 16.3. The number of nitrogens with zero attached hydrogens (tertiary/aromatic N) is 1. The summed E-state index contributed by atoms with van der Waals surface area (Å²) in [7, 11) is 0. The minimum absolute atomic E-state index is 0.0697. The number of benzene rings is 2. The average Bonchev–Trinajstić information content (AvgIpc) is 3.24. The summed E-state index contributed by atoms with van der Waals surface area (Å²) < 4.78 is 18.6. The molecular weight excluding hydrogens is 389 g/mol. The summed E-state index contributed by atoms with van der Waals surface area (Å²) >= 11 is 0. The number of carbonyl (C=O) groups is 3. The summed E-state index contributed by atoms with van der Waals surface area (Å²) in [6, 6.07) is 11.2. The summed E-state index contributed by atoms with van der Waals surface area (Å²) in [5, 5.41) is 5.44. The minimum atomic E-state index is -0.653.